The lowest BCUT2D eigenvalue weighted by Gasteiger charge is -2.25. The molecular weight excluding hydrogens is 417 g/mol. The first-order chi connectivity index (χ1) is 15.4. The predicted octanol–water partition coefficient (Wildman–Crippen LogP) is 5.25. The van der Waals surface area contributed by atoms with E-state index < -0.39 is 29.5 Å². The molecule has 0 saturated carbocycles. The molecule has 0 spiro atoms. The van der Waals surface area contributed by atoms with Gasteiger partial charge in [-0.15, -0.1) is 0 Å². The fourth-order valence-corrected chi connectivity index (χ4v) is 3.57. The van der Waals surface area contributed by atoms with Crippen LogP contribution in [-0.4, -0.2) is 29.2 Å². The second-order valence-electron chi connectivity index (χ2n) is 7.77. The lowest BCUT2D eigenvalue weighted by molar-refractivity contribution is 0.0402. The first kappa shape index (κ1) is 21.6. The molecule has 7 heteroatoms. The Hall–Kier alpha value is -3.61. The maximum Gasteiger partial charge on any atom is 0.254 e. The standard InChI is InChI=1S/C25H21F3N2O2/c1-16-5-7-17(8-6-16)24-13-22(32-29-24)15-30(14-19-9-10-21(27)12-23(19)28)25(31)18-3-2-4-20(26)11-18/h2-12,22H,13-15H2,1H3/t22-/m1/s1. The minimum absolute atomic E-state index is 0.102. The quantitative estimate of drug-likeness (QED) is 0.528. The molecule has 1 aliphatic heterocycles. The molecule has 0 unspecified atom stereocenters. The third-order valence-corrected chi connectivity index (χ3v) is 5.28. The number of benzene rings is 3. The predicted molar refractivity (Wildman–Crippen MR) is 115 cm³/mol. The van der Waals surface area contributed by atoms with Crippen molar-refractivity contribution >= 4 is 11.6 Å². The van der Waals surface area contributed by atoms with Crippen molar-refractivity contribution in [1.29, 1.82) is 0 Å². The number of aryl methyl sites for hydroxylation is 1. The summed E-state index contributed by atoms with van der Waals surface area (Å²) in [6, 6.07) is 16.3. The summed E-state index contributed by atoms with van der Waals surface area (Å²) in [6.45, 7) is 1.97. The highest BCUT2D eigenvalue weighted by Crippen LogP contribution is 2.21. The first-order valence-corrected chi connectivity index (χ1v) is 10.2. The van der Waals surface area contributed by atoms with Gasteiger partial charge in [0, 0.05) is 30.2 Å². The number of halogens is 3. The molecule has 0 radical (unpaired) electrons. The minimum atomic E-state index is -0.758. The molecule has 4 rings (SSSR count). The summed E-state index contributed by atoms with van der Waals surface area (Å²) >= 11 is 0. The Bertz CT molecular complexity index is 1160. The van der Waals surface area contributed by atoms with E-state index in [0.29, 0.717) is 6.42 Å². The van der Waals surface area contributed by atoms with Gasteiger partial charge in [0.1, 0.15) is 17.5 Å². The number of rotatable bonds is 6. The molecule has 1 heterocycles. The van der Waals surface area contributed by atoms with Gasteiger partial charge in [0.05, 0.1) is 12.3 Å². The highest BCUT2D eigenvalue weighted by Gasteiger charge is 2.28. The molecule has 32 heavy (non-hydrogen) atoms. The number of hydrogen-bond donors (Lipinski definition) is 0. The van der Waals surface area contributed by atoms with Crippen LogP contribution >= 0.6 is 0 Å². The van der Waals surface area contributed by atoms with Crippen LogP contribution in [0.4, 0.5) is 13.2 Å². The van der Waals surface area contributed by atoms with Gasteiger partial charge in [0.2, 0.25) is 0 Å². The zero-order valence-corrected chi connectivity index (χ0v) is 17.4. The van der Waals surface area contributed by atoms with E-state index >= 15 is 0 Å². The van der Waals surface area contributed by atoms with Crippen LogP contribution in [0.15, 0.2) is 71.9 Å². The molecule has 0 aromatic heterocycles. The lowest BCUT2D eigenvalue weighted by Crippen LogP contribution is -2.37. The normalized spacial score (nSPS) is 15.2. The molecule has 0 aliphatic carbocycles. The summed E-state index contributed by atoms with van der Waals surface area (Å²) in [4.78, 5) is 20.0. The molecule has 1 amide bonds. The number of oxime groups is 1. The lowest BCUT2D eigenvalue weighted by atomic mass is 10.0. The Morgan fingerprint density at radius 1 is 1.03 bits per heavy atom. The highest BCUT2D eigenvalue weighted by molar-refractivity contribution is 6.01. The Morgan fingerprint density at radius 3 is 2.50 bits per heavy atom. The van der Waals surface area contributed by atoms with Gasteiger partial charge in [-0.05, 0) is 36.8 Å². The average Bonchev–Trinajstić information content (AvgIpc) is 3.23. The number of amides is 1. The highest BCUT2D eigenvalue weighted by atomic mass is 19.1. The molecule has 4 nitrogen and oxygen atoms in total. The van der Waals surface area contributed by atoms with Crippen LogP contribution in [0.2, 0.25) is 0 Å². The summed E-state index contributed by atoms with van der Waals surface area (Å²) in [7, 11) is 0. The summed E-state index contributed by atoms with van der Waals surface area (Å²) in [5, 5.41) is 4.15. The largest absolute Gasteiger partial charge is 0.390 e. The summed E-state index contributed by atoms with van der Waals surface area (Å²) in [5.41, 5.74) is 3.07. The van der Waals surface area contributed by atoms with Crippen LogP contribution < -0.4 is 0 Å². The topological polar surface area (TPSA) is 41.9 Å². The number of carbonyl (C=O) groups is 1. The molecule has 0 bridgehead atoms. The van der Waals surface area contributed by atoms with E-state index in [-0.39, 0.29) is 24.2 Å². The number of hydrogen-bond acceptors (Lipinski definition) is 3. The third kappa shape index (κ3) is 4.99. The average molecular weight is 438 g/mol. The Kier molecular flexibility index (Phi) is 6.25. The molecule has 3 aromatic carbocycles. The van der Waals surface area contributed by atoms with Gasteiger partial charge in [-0.3, -0.25) is 4.79 Å². The fraction of sp³-hybridized carbons (Fsp3) is 0.200. The van der Waals surface area contributed by atoms with Crippen LogP contribution in [0.1, 0.15) is 33.5 Å². The minimum Gasteiger partial charge on any atom is -0.390 e. The molecule has 0 N–H and O–H groups in total. The van der Waals surface area contributed by atoms with Gasteiger partial charge < -0.3 is 9.74 Å². The van der Waals surface area contributed by atoms with Gasteiger partial charge in [-0.25, -0.2) is 13.2 Å². The van der Waals surface area contributed by atoms with Crippen molar-refractivity contribution < 1.29 is 22.8 Å². The van der Waals surface area contributed by atoms with Crippen molar-refractivity contribution in [1.82, 2.24) is 4.90 Å². The van der Waals surface area contributed by atoms with Crippen LogP contribution in [-0.2, 0) is 11.4 Å². The Labute approximate surface area is 183 Å². The SMILES string of the molecule is Cc1ccc(C2=NO[C@@H](CN(Cc3ccc(F)cc3F)C(=O)c3cccc(F)c3)C2)cc1. The van der Waals surface area contributed by atoms with E-state index in [0.717, 1.165) is 35.0 Å². The number of nitrogens with zero attached hydrogens (tertiary/aromatic N) is 2. The van der Waals surface area contributed by atoms with E-state index in [1.165, 1.54) is 29.2 Å². The third-order valence-electron chi connectivity index (χ3n) is 5.28. The Balaban J connectivity index is 1.54. The van der Waals surface area contributed by atoms with Gasteiger partial charge in [0.25, 0.3) is 5.91 Å². The zero-order valence-electron chi connectivity index (χ0n) is 17.4. The Morgan fingerprint density at radius 2 is 1.78 bits per heavy atom. The molecule has 164 valence electrons. The molecule has 1 atom stereocenters. The van der Waals surface area contributed by atoms with Gasteiger partial charge in [-0.2, -0.15) is 0 Å². The van der Waals surface area contributed by atoms with Crippen molar-refractivity contribution in [2.45, 2.75) is 26.0 Å². The second-order valence-corrected chi connectivity index (χ2v) is 7.77. The molecule has 3 aromatic rings. The van der Waals surface area contributed by atoms with E-state index in [1.807, 2.05) is 31.2 Å². The van der Waals surface area contributed by atoms with Gasteiger partial charge in [0.15, 0.2) is 6.10 Å². The summed E-state index contributed by atoms with van der Waals surface area (Å²) < 4.78 is 41.3. The maximum atomic E-state index is 14.3. The number of carbonyl (C=O) groups excluding carboxylic acids is 1. The van der Waals surface area contributed by atoms with Gasteiger partial charge >= 0.3 is 0 Å². The fourth-order valence-electron chi connectivity index (χ4n) is 3.57. The summed E-state index contributed by atoms with van der Waals surface area (Å²) in [5.74, 6) is -2.50. The van der Waals surface area contributed by atoms with E-state index in [9.17, 15) is 18.0 Å². The maximum absolute atomic E-state index is 14.3. The second kappa shape index (κ2) is 9.26. The van der Waals surface area contributed by atoms with Crippen LogP contribution in [0.5, 0.6) is 0 Å². The van der Waals surface area contributed by atoms with Crippen LogP contribution in [0.25, 0.3) is 0 Å². The van der Waals surface area contributed by atoms with Crippen molar-refractivity contribution in [2.75, 3.05) is 6.54 Å². The van der Waals surface area contributed by atoms with E-state index in [2.05, 4.69) is 5.16 Å². The van der Waals surface area contributed by atoms with Crippen molar-refractivity contribution in [3.05, 3.63) is 106 Å². The zero-order chi connectivity index (χ0) is 22.7. The monoisotopic (exact) mass is 438 g/mol. The van der Waals surface area contributed by atoms with Crippen molar-refractivity contribution in [2.24, 2.45) is 5.16 Å². The van der Waals surface area contributed by atoms with Crippen molar-refractivity contribution in [3.8, 4) is 0 Å². The van der Waals surface area contributed by atoms with Crippen LogP contribution in [0.3, 0.4) is 0 Å². The van der Waals surface area contributed by atoms with Gasteiger partial charge in [-0.1, -0.05) is 47.1 Å². The summed E-state index contributed by atoms with van der Waals surface area (Å²) in [6.07, 6.45) is 0.00866. The molecular formula is C25H21F3N2O2. The first-order valence-electron chi connectivity index (χ1n) is 10.2. The van der Waals surface area contributed by atoms with Crippen LogP contribution in [0, 0.1) is 24.4 Å². The molecule has 0 fully saturated rings. The smallest absolute Gasteiger partial charge is 0.254 e. The molecule has 1 aliphatic rings. The van der Waals surface area contributed by atoms with E-state index in [1.54, 1.807) is 0 Å². The van der Waals surface area contributed by atoms with E-state index in [4.69, 9.17) is 4.84 Å². The van der Waals surface area contributed by atoms with Crippen molar-refractivity contribution in [3.63, 3.8) is 0 Å². The molecule has 0 saturated heterocycles.